The first-order chi connectivity index (χ1) is 6.84. The summed E-state index contributed by atoms with van der Waals surface area (Å²) in [6.45, 7) is 5.58. The van der Waals surface area contributed by atoms with Crippen LogP contribution in [-0.4, -0.2) is 5.38 Å². The van der Waals surface area contributed by atoms with Gasteiger partial charge in [-0.25, -0.2) is 8.78 Å². The van der Waals surface area contributed by atoms with E-state index >= 15 is 0 Å². The molecule has 0 aliphatic heterocycles. The maximum absolute atomic E-state index is 13.5. The van der Waals surface area contributed by atoms with Crippen molar-refractivity contribution in [2.45, 2.75) is 38.0 Å². The van der Waals surface area contributed by atoms with Gasteiger partial charge in [0.1, 0.15) is 0 Å². The van der Waals surface area contributed by atoms with Crippen molar-refractivity contribution >= 4 is 11.6 Å². The van der Waals surface area contributed by atoms with Crippen LogP contribution < -0.4 is 0 Å². The lowest BCUT2D eigenvalue weighted by atomic mass is 9.80. The van der Waals surface area contributed by atoms with E-state index < -0.39 is 17.0 Å². The Kier molecular flexibility index (Phi) is 3.72. The summed E-state index contributed by atoms with van der Waals surface area (Å²) in [7, 11) is 0. The molecular formula is C12H15ClF2. The van der Waals surface area contributed by atoms with E-state index in [4.69, 9.17) is 11.6 Å². The van der Waals surface area contributed by atoms with Crippen LogP contribution in [0, 0.1) is 11.6 Å². The number of hydrogen-bond donors (Lipinski definition) is 0. The lowest BCUT2D eigenvalue weighted by Crippen LogP contribution is -2.22. The summed E-state index contributed by atoms with van der Waals surface area (Å²) in [6.07, 6.45) is 0.606. The van der Waals surface area contributed by atoms with Gasteiger partial charge in [0.25, 0.3) is 0 Å². The number of benzene rings is 1. The molecule has 1 aromatic carbocycles. The van der Waals surface area contributed by atoms with Gasteiger partial charge in [0.2, 0.25) is 0 Å². The monoisotopic (exact) mass is 232 g/mol. The molecule has 0 aliphatic rings. The smallest absolute Gasteiger partial charge is 0.162 e. The summed E-state index contributed by atoms with van der Waals surface area (Å²) in [5, 5.41) is -0.0670. The second-order valence-electron chi connectivity index (χ2n) is 4.47. The summed E-state index contributed by atoms with van der Waals surface area (Å²) in [5.74, 6) is -1.57. The highest BCUT2D eigenvalue weighted by Gasteiger charge is 2.26. The molecule has 0 saturated carbocycles. The van der Waals surface area contributed by atoms with Crippen LogP contribution in [0.3, 0.4) is 0 Å². The molecule has 0 heterocycles. The van der Waals surface area contributed by atoms with Gasteiger partial charge in [0.15, 0.2) is 11.6 Å². The van der Waals surface area contributed by atoms with Gasteiger partial charge in [-0.15, -0.1) is 11.6 Å². The Morgan fingerprint density at radius 2 is 1.93 bits per heavy atom. The first-order valence-corrected chi connectivity index (χ1v) is 5.37. The molecule has 0 amide bonds. The summed E-state index contributed by atoms with van der Waals surface area (Å²) in [5.41, 5.74) is -0.0668. The van der Waals surface area contributed by atoms with Crippen LogP contribution in [0.1, 0.15) is 32.8 Å². The fourth-order valence-corrected chi connectivity index (χ4v) is 2.23. The largest absolute Gasteiger partial charge is 0.204 e. The minimum absolute atomic E-state index is 0.0670. The zero-order valence-electron chi connectivity index (χ0n) is 9.15. The molecule has 0 aliphatic carbocycles. The zero-order chi connectivity index (χ0) is 11.6. The van der Waals surface area contributed by atoms with Crippen LogP contribution in [0.25, 0.3) is 0 Å². The maximum atomic E-state index is 13.5. The predicted molar refractivity (Wildman–Crippen MR) is 59.3 cm³/mol. The molecular weight excluding hydrogens is 218 g/mol. The van der Waals surface area contributed by atoms with Crippen LogP contribution in [0.4, 0.5) is 8.78 Å². The van der Waals surface area contributed by atoms with Gasteiger partial charge in [0, 0.05) is 5.38 Å². The van der Waals surface area contributed by atoms with Crippen molar-refractivity contribution < 1.29 is 8.78 Å². The zero-order valence-corrected chi connectivity index (χ0v) is 9.91. The Morgan fingerprint density at radius 1 is 1.33 bits per heavy atom. The van der Waals surface area contributed by atoms with Crippen LogP contribution >= 0.6 is 11.6 Å². The van der Waals surface area contributed by atoms with Gasteiger partial charge in [-0.1, -0.05) is 26.0 Å². The molecule has 3 heteroatoms. The molecule has 0 spiro atoms. The second kappa shape index (κ2) is 4.48. The molecule has 0 N–H and O–H groups in total. The molecule has 15 heavy (non-hydrogen) atoms. The Labute approximate surface area is 94.3 Å². The highest BCUT2D eigenvalue weighted by atomic mass is 35.5. The van der Waals surface area contributed by atoms with Gasteiger partial charge in [-0.3, -0.25) is 0 Å². The molecule has 1 unspecified atom stereocenters. The van der Waals surface area contributed by atoms with Crippen molar-refractivity contribution in [3.63, 3.8) is 0 Å². The third-order valence-corrected chi connectivity index (χ3v) is 2.63. The van der Waals surface area contributed by atoms with Crippen LogP contribution in [0.15, 0.2) is 18.2 Å². The lowest BCUT2D eigenvalue weighted by Gasteiger charge is -2.27. The normalized spacial score (nSPS) is 14.0. The van der Waals surface area contributed by atoms with E-state index in [0.717, 1.165) is 6.07 Å². The van der Waals surface area contributed by atoms with Gasteiger partial charge in [-0.2, -0.15) is 0 Å². The SMILES string of the molecule is CC(Cl)CC(C)(C)c1cccc(F)c1F. The molecule has 84 valence electrons. The van der Waals surface area contributed by atoms with Crippen LogP contribution in [0.5, 0.6) is 0 Å². The number of rotatable bonds is 3. The molecule has 0 aromatic heterocycles. The molecule has 0 nitrogen and oxygen atoms in total. The number of hydrogen-bond acceptors (Lipinski definition) is 0. The van der Waals surface area contributed by atoms with Gasteiger partial charge >= 0.3 is 0 Å². The molecule has 0 fully saturated rings. The van der Waals surface area contributed by atoms with E-state index in [-0.39, 0.29) is 5.38 Å². The Morgan fingerprint density at radius 3 is 2.47 bits per heavy atom. The number of alkyl halides is 1. The van der Waals surface area contributed by atoms with Crippen molar-refractivity contribution in [3.05, 3.63) is 35.4 Å². The van der Waals surface area contributed by atoms with Gasteiger partial charge < -0.3 is 0 Å². The second-order valence-corrected chi connectivity index (χ2v) is 5.22. The maximum Gasteiger partial charge on any atom is 0.162 e. The first kappa shape index (κ1) is 12.4. The topological polar surface area (TPSA) is 0 Å². The number of halogens is 3. The van der Waals surface area contributed by atoms with Crippen molar-refractivity contribution in [2.75, 3.05) is 0 Å². The van der Waals surface area contributed by atoms with E-state index in [2.05, 4.69) is 0 Å². The Hall–Kier alpha value is -0.630. The molecule has 0 saturated heterocycles. The van der Waals surface area contributed by atoms with Crippen LogP contribution in [0.2, 0.25) is 0 Å². The average Bonchev–Trinajstić information content (AvgIpc) is 2.07. The molecule has 1 rings (SSSR count). The lowest BCUT2D eigenvalue weighted by molar-refractivity contribution is 0.424. The van der Waals surface area contributed by atoms with Crippen molar-refractivity contribution in [1.29, 1.82) is 0 Å². The van der Waals surface area contributed by atoms with Crippen LogP contribution in [-0.2, 0) is 5.41 Å². The van der Waals surface area contributed by atoms with Crippen molar-refractivity contribution in [2.24, 2.45) is 0 Å². The highest BCUT2D eigenvalue weighted by Crippen LogP contribution is 2.32. The summed E-state index contributed by atoms with van der Waals surface area (Å²) in [6, 6.07) is 4.26. The average molecular weight is 233 g/mol. The van der Waals surface area contributed by atoms with E-state index in [9.17, 15) is 8.78 Å². The standard InChI is InChI=1S/C12H15ClF2/c1-8(13)7-12(2,3)9-5-4-6-10(14)11(9)15/h4-6,8H,7H2,1-3H3. The third-order valence-electron chi connectivity index (χ3n) is 2.47. The molecule has 0 radical (unpaired) electrons. The fraction of sp³-hybridized carbons (Fsp3) is 0.500. The van der Waals surface area contributed by atoms with E-state index in [1.807, 2.05) is 20.8 Å². The predicted octanol–water partition coefficient (Wildman–Crippen LogP) is 4.26. The van der Waals surface area contributed by atoms with Crippen molar-refractivity contribution in [3.8, 4) is 0 Å². The minimum atomic E-state index is -0.803. The van der Waals surface area contributed by atoms with Crippen molar-refractivity contribution in [1.82, 2.24) is 0 Å². The Bertz CT molecular complexity index is 345. The van der Waals surface area contributed by atoms with E-state index in [0.29, 0.717) is 12.0 Å². The summed E-state index contributed by atoms with van der Waals surface area (Å²) >= 11 is 5.89. The molecule has 1 aromatic rings. The minimum Gasteiger partial charge on any atom is -0.204 e. The fourth-order valence-electron chi connectivity index (χ4n) is 1.84. The molecule has 1 atom stereocenters. The Balaban J connectivity index is 3.09. The highest BCUT2D eigenvalue weighted by molar-refractivity contribution is 6.20. The first-order valence-electron chi connectivity index (χ1n) is 4.93. The summed E-state index contributed by atoms with van der Waals surface area (Å²) in [4.78, 5) is 0. The quantitative estimate of drug-likeness (QED) is 0.683. The van der Waals surface area contributed by atoms with Gasteiger partial charge in [-0.05, 0) is 30.4 Å². The molecule has 0 bridgehead atoms. The third kappa shape index (κ3) is 2.91. The van der Waals surface area contributed by atoms with E-state index in [1.54, 1.807) is 6.07 Å². The van der Waals surface area contributed by atoms with Gasteiger partial charge in [0.05, 0.1) is 0 Å². The van der Waals surface area contributed by atoms with E-state index in [1.165, 1.54) is 6.07 Å². The summed E-state index contributed by atoms with van der Waals surface area (Å²) < 4.78 is 26.6.